The standard InChI is InChI=1S/C68H44N2/c1-4-21-45(22-5-1)50-27-13-18-37-63(50)69(48-39-41-54-53-30-10-15-33-57(53)67(61(54)43-48,46-23-6-2-7-24-46)47-25-8-3-9-26-47)49-40-42-65-62(44-49)68(58-34-16-11-28-51(58)52-29-12-17-35-59(52)68)60-36-20-32-56-55-31-14-19-38-64(55)70(65)66(56)60/h1-44H. The van der Waals surface area contributed by atoms with Crippen molar-refractivity contribution in [2.24, 2.45) is 0 Å². The highest BCUT2D eigenvalue weighted by Crippen LogP contribution is 2.62. The van der Waals surface area contributed by atoms with Gasteiger partial charge in [-0.1, -0.05) is 224 Å². The smallest absolute Gasteiger partial charge is 0.0755 e. The van der Waals surface area contributed by atoms with Crippen molar-refractivity contribution in [3.8, 4) is 39.1 Å². The Balaban J connectivity index is 1.06. The number of benzene rings is 11. The average molecular weight is 889 g/mol. The molecule has 11 aromatic carbocycles. The molecule has 2 heterocycles. The van der Waals surface area contributed by atoms with E-state index >= 15 is 0 Å². The van der Waals surface area contributed by atoms with Crippen LogP contribution in [0.5, 0.6) is 0 Å². The fourth-order valence-corrected chi connectivity index (χ4v) is 13.2. The molecule has 0 fully saturated rings. The van der Waals surface area contributed by atoms with E-state index in [-0.39, 0.29) is 0 Å². The zero-order valence-corrected chi connectivity index (χ0v) is 38.3. The number of hydrogen-bond acceptors (Lipinski definition) is 1. The highest BCUT2D eigenvalue weighted by atomic mass is 15.1. The molecule has 0 bridgehead atoms. The predicted molar refractivity (Wildman–Crippen MR) is 289 cm³/mol. The van der Waals surface area contributed by atoms with Crippen molar-refractivity contribution in [1.82, 2.24) is 4.57 Å². The Hall–Kier alpha value is -8.98. The minimum Gasteiger partial charge on any atom is -0.310 e. The van der Waals surface area contributed by atoms with Gasteiger partial charge in [-0.25, -0.2) is 0 Å². The Morgan fingerprint density at radius 3 is 1.43 bits per heavy atom. The molecule has 2 heteroatoms. The summed E-state index contributed by atoms with van der Waals surface area (Å²) < 4.78 is 2.55. The van der Waals surface area contributed by atoms with Crippen LogP contribution in [0.25, 0.3) is 60.9 Å². The predicted octanol–water partition coefficient (Wildman–Crippen LogP) is 17.0. The number of aromatic nitrogens is 1. The van der Waals surface area contributed by atoms with Crippen LogP contribution in [-0.4, -0.2) is 4.57 Å². The number of rotatable bonds is 6. The summed E-state index contributed by atoms with van der Waals surface area (Å²) in [6, 6.07) is 100.0. The van der Waals surface area contributed by atoms with Crippen LogP contribution < -0.4 is 4.90 Å². The van der Waals surface area contributed by atoms with Crippen molar-refractivity contribution in [3.63, 3.8) is 0 Å². The summed E-state index contributed by atoms with van der Waals surface area (Å²) in [6.07, 6.45) is 0. The van der Waals surface area contributed by atoms with E-state index in [4.69, 9.17) is 0 Å². The first kappa shape index (κ1) is 39.1. The lowest BCUT2D eigenvalue weighted by atomic mass is 9.65. The van der Waals surface area contributed by atoms with E-state index in [0.717, 1.165) is 22.6 Å². The first-order valence-electron chi connectivity index (χ1n) is 24.4. The molecule has 0 unspecified atom stereocenters. The zero-order chi connectivity index (χ0) is 46.0. The molecule has 15 rings (SSSR count). The van der Waals surface area contributed by atoms with Crippen LogP contribution in [0.2, 0.25) is 0 Å². The summed E-state index contributed by atoms with van der Waals surface area (Å²) in [6.45, 7) is 0. The van der Waals surface area contributed by atoms with Gasteiger partial charge in [-0.2, -0.15) is 0 Å². The van der Waals surface area contributed by atoms with Crippen molar-refractivity contribution in [2.45, 2.75) is 10.8 Å². The van der Waals surface area contributed by atoms with Gasteiger partial charge in [-0.15, -0.1) is 0 Å². The molecule has 0 saturated carbocycles. The third-order valence-electron chi connectivity index (χ3n) is 15.9. The first-order chi connectivity index (χ1) is 34.8. The molecular formula is C68H44N2. The number of anilines is 3. The molecular weight excluding hydrogens is 845 g/mol. The van der Waals surface area contributed by atoms with Gasteiger partial charge in [0.05, 0.1) is 33.2 Å². The van der Waals surface area contributed by atoms with Gasteiger partial charge in [0.25, 0.3) is 0 Å². The molecule has 0 N–H and O–H groups in total. The van der Waals surface area contributed by atoms with Crippen molar-refractivity contribution in [3.05, 3.63) is 311 Å². The summed E-state index contributed by atoms with van der Waals surface area (Å²) in [7, 11) is 0. The molecule has 70 heavy (non-hydrogen) atoms. The van der Waals surface area contributed by atoms with Crippen LogP contribution in [-0.2, 0) is 10.8 Å². The summed E-state index contributed by atoms with van der Waals surface area (Å²) in [5, 5.41) is 2.55. The Morgan fingerprint density at radius 1 is 0.300 bits per heavy atom. The Bertz CT molecular complexity index is 3980. The zero-order valence-electron chi connectivity index (χ0n) is 38.3. The number of nitrogens with zero attached hydrogens (tertiary/aromatic N) is 2. The van der Waals surface area contributed by atoms with E-state index in [1.807, 2.05) is 0 Å². The quantitative estimate of drug-likeness (QED) is 0.161. The van der Waals surface area contributed by atoms with Crippen LogP contribution in [0.15, 0.2) is 267 Å². The lowest BCUT2D eigenvalue weighted by molar-refractivity contribution is 0.748. The van der Waals surface area contributed by atoms with Gasteiger partial charge >= 0.3 is 0 Å². The van der Waals surface area contributed by atoms with Gasteiger partial charge in [-0.3, -0.25) is 0 Å². The molecule has 2 aliphatic carbocycles. The minimum absolute atomic E-state index is 0.559. The van der Waals surface area contributed by atoms with E-state index in [0.29, 0.717) is 0 Å². The van der Waals surface area contributed by atoms with E-state index in [9.17, 15) is 0 Å². The van der Waals surface area contributed by atoms with Crippen LogP contribution in [0.1, 0.15) is 44.5 Å². The Kier molecular flexibility index (Phi) is 8.24. The van der Waals surface area contributed by atoms with Crippen molar-refractivity contribution < 1.29 is 0 Å². The maximum atomic E-state index is 2.55. The van der Waals surface area contributed by atoms with Gasteiger partial charge in [0.2, 0.25) is 0 Å². The average Bonchev–Trinajstić information content (AvgIpc) is 4.04. The molecule has 0 radical (unpaired) electrons. The number of fused-ring (bicyclic) bond motifs is 15. The molecule has 0 amide bonds. The molecule has 2 nitrogen and oxygen atoms in total. The van der Waals surface area contributed by atoms with Gasteiger partial charge in [0.1, 0.15) is 0 Å². The molecule has 1 spiro atoms. The van der Waals surface area contributed by atoms with Crippen LogP contribution in [0.3, 0.4) is 0 Å². The van der Waals surface area contributed by atoms with Crippen molar-refractivity contribution >= 4 is 38.9 Å². The maximum absolute atomic E-state index is 2.55. The van der Waals surface area contributed by atoms with Gasteiger partial charge in [0, 0.05) is 27.7 Å². The third kappa shape index (κ3) is 5.07. The Labute approximate surface area is 407 Å². The minimum atomic E-state index is -0.595. The summed E-state index contributed by atoms with van der Waals surface area (Å²) in [4.78, 5) is 2.54. The number of para-hydroxylation sites is 3. The molecule has 1 aliphatic heterocycles. The maximum Gasteiger partial charge on any atom is 0.0755 e. The second-order valence-electron chi connectivity index (χ2n) is 19.1. The van der Waals surface area contributed by atoms with Gasteiger partial charge in [-0.05, 0) is 115 Å². The van der Waals surface area contributed by atoms with Crippen molar-refractivity contribution in [2.75, 3.05) is 4.90 Å². The summed E-state index contributed by atoms with van der Waals surface area (Å²) in [5.41, 5.74) is 23.6. The highest BCUT2D eigenvalue weighted by molar-refractivity contribution is 6.13. The lowest BCUT2D eigenvalue weighted by Gasteiger charge is -2.40. The fourth-order valence-electron chi connectivity index (χ4n) is 13.2. The molecule has 12 aromatic rings. The third-order valence-corrected chi connectivity index (χ3v) is 15.9. The second-order valence-corrected chi connectivity index (χ2v) is 19.1. The molecule has 0 saturated heterocycles. The van der Waals surface area contributed by atoms with Crippen molar-refractivity contribution in [1.29, 1.82) is 0 Å². The molecule has 1 aromatic heterocycles. The van der Waals surface area contributed by atoms with Crippen LogP contribution in [0, 0.1) is 0 Å². The topological polar surface area (TPSA) is 8.17 Å². The van der Waals surface area contributed by atoms with E-state index in [2.05, 4.69) is 276 Å². The summed E-state index contributed by atoms with van der Waals surface area (Å²) >= 11 is 0. The second kappa shape index (κ2) is 14.8. The SMILES string of the molecule is c1ccc(-c2ccccc2N(c2ccc3c(c2)C(c2ccccc2)(c2ccccc2)c2ccccc2-3)c2ccc3c(c2)C2(c4ccccc4-c4ccccc42)c2cccc4c5ccccc5n-3c24)cc1. The van der Waals surface area contributed by atoms with E-state index in [1.54, 1.807) is 0 Å². The van der Waals surface area contributed by atoms with E-state index < -0.39 is 10.8 Å². The molecule has 3 aliphatic rings. The van der Waals surface area contributed by atoms with Gasteiger partial charge < -0.3 is 9.47 Å². The highest BCUT2D eigenvalue weighted by Gasteiger charge is 2.51. The summed E-state index contributed by atoms with van der Waals surface area (Å²) in [5.74, 6) is 0. The monoisotopic (exact) mass is 888 g/mol. The largest absolute Gasteiger partial charge is 0.310 e. The lowest BCUT2D eigenvalue weighted by Crippen LogP contribution is -2.33. The van der Waals surface area contributed by atoms with E-state index in [1.165, 1.54) is 99.8 Å². The fraction of sp³-hybridized carbons (Fsp3) is 0.0294. The van der Waals surface area contributed by atoms with Crippen LogP contribution >= 0.6 is 0 Å². The van der Waals surface area contributed by atoms with Crippen LogP contribution in [0.4, 0.5) is 17.1 Å². The number of hydrogen-bond donors (Lipinski definition) is 0. The Morgan fingerprint density at radius 2 is 0.771 bits per heavy atom. The molecule has 0 atom stereocenters. The normalized spacial score (nSPS) is 13.9. The van der Waals surface area contributed by atoms with Gasteiger partial charge in [0.15, 0.2) is 0 Å². The first-order valence-corrected chi connectivity index (χ1v) is 24.4. The molecule has 326 valence electrons.